The lowest BCUT2D eigenvalue weighted by Crippen LogP contribution is -2.36. The van der Waals surface area contributed by atoms with E-state index in [2.05, 4.69) is 19.5 Å². The zero-order chi connectivity index (χ0) is 18.9. The van der Waals surface area contributed by atoms with E-state index in [-0.39, 0.29) is 5.82 Å². The molecule has 3 heterocycles. The number of phosphoric acid groups is 1. The number of imidazole rings is 1. The number of phosphoric ester groups is 1. The van der Waals surface area contributed by atoms with E-state index in [1.54, 1.807) is 0 Å². The predicted octanol–water partition coefficient (Wildman–Crippen LogP) is -0.429. The van der Waals surface area contributed by atoms with Crippen molar-refractivity contribution in [2.75, 3.05) is 18.9 Å². The fourth-order valence-electron chi connectivity index (χ4n) is 2.74. The maximum atomic E-state index is 10.9. The highest BCUT2D eigenvalue weighted by molar-refractivity contribution is 7.46. The molecule has 1 saturated heterocycles. The molecule has 26 heavy (non-hydrogen) atoms. The number of anilines is 1. The molecule has 13 heteroatoms. The van der Waals surface area contributed by atoms with Crippen LogP contribution in [0.5, 0.6) is 0 Å². The van der Waals surface area contributed by atoms with Crippen LogP contribution in [0.25, 0.3) is 11.2 Å². The molecule has 3 rings (SSSR count). The largest absolute Gasteiger partial charge is 0.469 e. The SMILES string of the molecule is CCCOC1C(O)[C@@H](COP(=O)(O)O)O[C@H]1n1cnc2c(N)ncnc21. The lowest BCUT2D eigenvalue weighted by atomic mass is 10.1. The van der Waals surface area contributed by atoms with Crippen molar-refractivity contribution in [3.63, 3.8) is 0 Å². The van der Waals surface area contributed by atoms with E-state index in [1.165, 1.54) is 17.2 Å². The minimum Gasteiger partial charge on any atom is -0.387 e. The highest BCUT2D eigenvalue weighted by atomic mass is 31.2. The summed E-state index contributed by atoms with van der Waals surface area (Å²) in [4.78, 5) is 29.9. The first-order valence-corrected chi connectivity index (χ1v) is 9.43. The predicted molar refractivity (Wildman–Crippen MR) is 87.7 cm³/mol. The maximum absolute atomic E-state index is 10.9. The van der Waals surface area contributed by atoms with Gasteiger partial charge in [0.2, 0.25) is 0 Å². The van der Waals surface area contributed by atoms with Gasteiger partial charge in [-0.3, -0.25) is 9.09 Å². The van der Waals surface area contributed by atoms with Crippen LogP contribution in [0, 0.1) is 0 Å². The van der Waals surface area contributed by atoms with Crippen molar-refractivity contribution in [3.8, 4) is 0 Å². The molecule has 0 aliphatic carbocycles. The Hall–Kier alpha value is -1.66. The Balaban J connectivity index is 1.89. The van der Waals surface area contributed by atoms with Gasteiger partial charge in [0.15, 0.2) is 17.7 Å². The molecule has 2 unspecified atom stereocenters. The molecule has 1 aliphatic heterocycles. The van der Waals surface area contributed by atoms with E-state index in [4.69, 9.17) is 25.0 Å². The standard InChI is InChI=1S/C13H20N5O7P/c1-2-3-23-10-9(19)7(4-24-26(20,21)22)25-13(10)18-6-17-8-11(14)15-5-16-12(8)18/h5-7,9-10,13,19H,2-4H2,1H3,(H2,14,15,16)(H2,20,21,22)/t7-,9?,10?,13-/m1/s1. The van der Waals surface area contributed by atoms with E-state index in [0.717, 1.165) is 0 Å². The summed E-state index contributed by atoms with van der Waals surface area (Å²) >= 11 is 0. The average molecular weight is 389 g/mol. The molecule has 2 aromatic heterocycles. The summed E-state index contributed by atoms with van der Waals surface area (Å²) in [5.74, 6) is 0.194. The normalized spacial score (nSPS) is 26.6. The summed E-state index contributed by atoms with van der Waals surface area (Å²) in [5, 5.41) is 10.5. The first kappa shape index (κ1) is 19.1. The van der Waals surface area contributed by atoms with Gasteiger partial charge in [-0.05, 0) is 6.42 Å². The van der Waals surface area contributed by atoms with Gasteiger partial charge in [0.25, 0.3) is 0 Å². The van der Waals surface area contributed by atoms with Crippen molar-refractivity contribution in [1.82, 2.24) is 19.5 Å². The first-order valence-electron chi connectivity index (χ1n) is 7.90. The second-order valence-electron chi connectivity index (χ2n) is 5.76. The van der Waals surface area contributed by atoms with Gasteiger partial charge in [-0.25, -0.2) is 19.5 Å². The molecule has 1 fully saturated rings. The zero-order valence-electron chi connectivity index (χ0n) is 13.9. The van der Waals surface area contributed by atoms with Gasteiger partial charge in [-0.15, -0.1) is 0 Å². The number of nitrogen functional groups attached to an aromatic ring is 1. The summed E-state index contributed by atoms with van der Waals surface area (Å²) in [6.07, 6.45) is -0.408. The number of hydrogen-bond donors (Lipinski definition) is 4. The molecule has 0 spiro atoms. The van der Waals surface area contributed by atoms with E-state index in [0.29, 0.717) is 24.2 Å². The van der Waals surface area contributed by atoms with Crippen molar-refractivity contribution >= 4 is 24.8 Å². The Bertz CT molecular complexity index is 811. The minimum atomic E-state index is -4.70. The molecule has 1 aliphatic rings. The number of rotatable bonds is 7. The van der Waals surface area contributed by atoms with Crippen LogP contribution in [0.15, 0.2) is 12.7 Å². The van der Waals surface area contributed by atoms with Crippen LogP contribution in [-0.4, -0.2) is 65.9 Å². The molecule has 0 amide bonds. The lowest BCUT2D eigenvalue weighted by molar-refractivity contribution is -0.0700. The van der Waals surface area contributed by atoms with Crippen LogP contribution in [0.3, 0.4) is 0 Å². The molecular weight excluding hydrogens is 369 g/mol. The fourth-order valence-corrected chi connectivity index (χ4v) is 3.08. The van der Waals surface area contributed by atoms with Gasteiger partial charge >= 0.3 is 7.82 Å². The number of ether oxygens (including phenoxy) is 2. The second kappa shape index (κ2) is 7.53. The third kappa shape index (κ3) is 3.86. The topological polar surface area (TPSA) is 175 Å². The maximum Gasteiger partial charge on any atom is 0.469 e. The monoisotopic (exact) mass is 389 g/mol. The third-order valence-corrected chi connectivity index (χ3v) is 4.38. The molecule has 12 nitrogen and oxygen atoms in total. The molecule has 2 aromatic rings. The van der Waals surface area contributed by atoms with Crippen LogP contribution in [0.1, 0.15) is 19.6 Å². The molecule has 5 N–H and O–H groups in total. The number of hydrogen-bond acceptors (Lipinski definition) is 9. The van der Waals surface area contributed by atoms with Gasteiger partial charge in [0.05, 0.1) is 12.9 Å². The van der Waals surface area contributed by atoms with Crippen LogP contribution in [0.2, 0.25) is 0 Å². The third-order valence-electron chi connectivity index (χ3n) is 3.90. The number of nitrogens with zero attached hydrogens (tertiary/aromatic N) is 4. The average Bonchev–Trinajstić information content (AvgIpc) is 3.13. The van der Waals surface area contributed by atoms with E-state index >= 15 is 0 Å². The van der Waals surface area contributed by atoms with Crippen LogP contribution < -0.4 is 5.73 Å². The van der Waals surface area contributed by atoms with E-state index < -0.39 is 39.0 Å². The van der Waals surface area contributed by atoms with Crippen LogP contribution in [-0.2, 0) is 18.6 Å². The zero-order valence-corrected chi connectivity index (χ0v) is 14.8. The minimum absolute atomic E-state index is 0.194. The summed E-state index contributed by atoms with van der Waals surface area (Å²) in [6.45, 7) is 1.77. The van der Waals surface area contributed by atoms with Crippen LogP contribution in [0.4, 0.5) is 5.82 Å². The Morgan fingerprint density at radius 2 is 2.15 bits per heavy atom. The number of aromatic nitrogens is 4. The Morgan fingerprint density at radius 3 is 2.85 bits per heavy atom. The summed E-state index contributed by atoms with van der Waals surface area (Å²) in [5.41, 5.74) is 6.53. The summed E-state index contributed by atoms with van der Waals surface area (Å²) in [6, 6.07) is 0. The highest BCUT2D eigenvalue weighted by Crippen LogP contribution is 2.39. The molecule has 4 atom stereocenters. The van der Waals surface area contributed by atoms with Gasteiger partial charge in [0, 0.05) is 6.61 Å². The van der Waals surface area contributed by atoms with Crippen molar-refractivity contribution in [2.45, 2.75) is 37.9 Å². The van der Waals surface area contributed by atoms with Gasteiger partial charge in [-0.2, -0.15) is 0 Å². The molecule has 0 radical (unpaired) electrons. The number of nitrogens with two attached hydrogens (primary N) is 1. The molecule has 0 saturated carbocycles. The molecule has 0 bridgehead atoms. The second-order valence-corrected chi connectivity index (χ2v) is 7.00. The van der Waals surface area contributed by atoms with Gasteiger partial charge < -0.3 is 30.1 Å². The fraction of sp³-hybridized carbons (Fsp3) is 0.615. The molecule has 0 aromatic carbocycles. The van der Waals surface area contributed by atoms with Gasteiger partial charge in [-0.1, -0.05) is 6.92 Å². The quantitative estimate of drug-likeness (QED) is 0.452. The van der Waals surface area contributed by atoms with Crippen molar-refractivity contribution in [1.29, 1.82) is 0 Å². The molecular formula is C13H20N5O7P. The number of fused-ring (bicyclic) bond motifs is 1. The van der Waals surface area contributed by atoms with Crippen molar-refractivity contribution < 1.29 is 33.5 Å². The van der Waals surface area contributed by atoms with E-state index in [9.17, 15) is 9.67 Å². The Kier molecular flexibility index (Phi) is 5.53. The number of aliphatic hydroxyl groups excluding tert-OH is 1. The lowest BCUT2D eigenvalue weighted by Gasteiger charge is -2.21. The van der Waals surface area contributed by atoms with Gasteiger partial charge in [0.1, 0.15) is 30.2 Å². The Labute approximate surface area is 148 Å². The smallest absolute Gasteiger partial charge is 0.387 e. The number of aliphatic hydroxyl groups is 1. The molecule has 144 valence electrons. The Morgan fingerprint density at radius 1 is 1.38 bits per heavy atom. The van der Waals surface area contributed by atoms with Crippen molar-refractivity contribution in [3.05, 3.63) is 12.7 Å². The summed E-state index contributed by atoms with van der Waals surface area (Å²) < 4.78 is 28.4. The highest BCUT2D eigenvalue weighted by Gasteiger charge is 2.46. The van der Waals surface area contributed by atoms with Crippen LogP contribution >= 0.6 is 7.82 Å². The van der Waals surface area contributed by atoms with Crippen molar-refractivity contribution in [2.24, 2.45) is 0 Å². The van der Waals surface area contributed by atoms with E-state index in [1.807, 2.05) is 6.92 Å². The summed E-state index contributed by atoms with van der Waals surface area (Å²) in [7, 11) is -4.70. The first-order chi connectivity index (χ1) is 12.3.